The van der Waals surface area contributed by atoms with Crippen LogP contribution in [0.1, 0.15) is 18.6 Å². The van der Waals surface area contributed by atoms with Crippen molar-refractivity contribution in [3.8, 4) is 5.75 Å². The van der Waals surface area contributed by atoms with E-state index in [9.17, 15) is 9.59 Å². The van der Waals surface area contributed by atoms with E-state index in [1.807, 2.05) is 18.4 Å². The number of anilines is 1. The summed E-state index contributed by atoms with van der Waals surface area (Å²) in [6, 6.07) is 14.2. The first-order chi connectivity index (χ1) is 15.0. The normalized spacial score (nSPS) is 12.8. The van der Waals surface area contributed by atoms with Gasteiger partial charge in [-0.25, -0.2) is 10.3 Å². The molecule has 8 nitrogen and oxygen atoms in total. The molecule has 4 N–H and O–H groups in total. The number of ether oxygens (including phenoxy) is 2. The summed E-state index contributed by atoms with van der Waals surface area (Å²) in [5, 5.41) is 20.2. The highest BCUT2D eigenvalue weighted by Gasteiger charge is 2.22. The molecule has 0 aliphatic rings. The summed E-state index contributed by atoms with van der Waals surface area (Å²) in [6.07, 6.45) is 3.31. The number of nitrogens with one attached hydrogen (secondary N) is 2. The van der Waals surface area contributed by atoms with Crippen LogP contribution in [-0.2, 0) is 9.53 Å². The number of amides is 2. The minimum atomic E-state index is -0.708. The number of hydrogen-bond acceptors (Lipinski definition) is 7. The number of benzene rings is 2. The van der Waals surface area contributed by atoms with Crippen molar-refractivity contribution in [3.63, 3.8) is 0 Å². The highest BCUT2D eigenvalue weighted by atomic mass is 32.2. The first-order valence-corrected chi connectivity index (χ1v) is 10.8. The average Bonchev–Trinajstić information content (AvgIpc) is 2.80. The van der Waals surface area contributed by atoms with Gasteiger partial charge in [-0.1, -0.05) is 25.1 Å². The molecule has 2 atom stereocenters. The van der Waals surface area contributed by atoms with Crippen LogP contribution in [0.4, 0.5) is 10.5 Å². The van der Waals surface area contributed by atoms with Crippen molar-refractivity contribution in [2.75, 3.05) is 24.8 Å². The molecule has 2 aromatic carbocycles. The molecule has 2 aromatic rings. The fourth-order valence-corrected chi connectivity index (χ4v) is 3.12. The molecule has 0 bridgehead atoms. The van der Waals surface area contributed by atoms with Gasteiger partial charge in [0.05, 0.1) is 6.61 Å². The van der Waals surface area contributed by atoms with E-state index in [2.05, 4.69) is 5.32 Å². The third kappa shape index (κ3) is 7.97. The molecule has 0 saturated heterocycles. The number of hydrogen-bond donors (Lipinski definition) is 4. The van der Waals surface area contributed by atoms with E-state index in [1.54, 1.807) is 55.1 Å². The molecule has 0 fully saturated rings. The highest BCUT2D eigenvalue weighted by Crippen LogP contribution is 2.29. The Bertz CT molecular complexity index is 871. The van der Waals surface area contributed by atoms with Crippen molar-refractivity contribution in [1.82, 2.24) is 5.48 Å². The Morgan fingerprint density at radius 1 is 1.13 bits per heavy atom. The summed E-state index contributed by atoms with van der Waals surface area (Å²) >= 11 is 1.60. The summed E-state index contributed by atoms with van der Waals surface area (Å²) < 4.78 is 11.0. The number of hydroxylamine groups is 1. The van der Waals surface area contributed by atoms with Crippen molar-refractivity contribution < 1.29 is 29.4 Å². The Kier molecular flexibility index (Phi) is 9.89. The van der Waals surface area contributed by atoms with Crippen LogP contribution in [0.25, 0.3) is 0 Å². The van der Waals surface area contributed by atoms with E-state index in [1.165, 1.54) is 17.6 Å². The zero-order valence-corrected chi connectivity index (χ0v) is 18.1. The van der Waals surface area contributed by atoms with E-state index >= 15 is 0 Å². The van der Waals surface area contributed by atoms with Crippen molar-refractivity contribution in [2.24, 2.45) is 5.92 Å². The van der Waals surface area contributed by atoms with Gasteiger partial charge in [0.2, 0.25) is 0 Å². The second-order valence-corrected chi connectivity index (χ2v) is 7.39. The molecule has 166 valence electrons. The summed E-state index contributed by atoms with van der Waals surface area (Å²) in [7, 11) is 0. The van der Waals surface area contributed by atoms with Gasteiger partial charge >= 0.3 is 6.09 Å². The minimum absolute atomic E-state index is 0.0969. The Labute approximate surface area is 185 Å². The molecule has 0 unspecified atom stereocenters. The smallest absolute Gasteiger partial charge is 0.412 e. The fourth-order valence-electron chi connectivity index (χ4n) is 2.71. The molecule has 0 radical (unpaired) electrons. The number of carbonyl (C=O) groups excluding carboxylic acids is 2. The van der Waals surface area contributed by atoms with Gasteiger partial charge in [-0.2, -0.15) is 0 Å². The molecule has 0 spiro atoms. The van der Waals surface area contributed by atoms with Crippen LogP contribution >= 0.6 is 11.8 Å². The lowest BCUT2D eigenvalue weighted by molar-refractivity contribution is -0.124. The number of carbonyl (C=O) groups is 2. The molecule has 0 saturated carbocycles. The number of rotatable bonds is 10. The van der Waals surface area contributed by atoms with Crippen LogP contribution in [0, 0.1) is 5.92 Å². The van der Waals surface area contributed by atoms with E-state index in [-0.39, 0.29) is 19.1 Å². The largest absolute Gasteiger partial charge is 0.491 e. The quantitative estimate of drug-likeness (QED) is 0.190. The molecule has 0 aliphatic carbocycles. The lowest BCUT2D eigenvalue weighted by Crippen LogP contribution is -2.22. The molecule has 0 aliphatic heterocycles. The van der Waals surface area contributed by atoms with Crippen molar-refractivity contribution in [2.45, 2.75) is 17.9 Å². The maximum Gasteiger partial charge on any atom is 0.412 e. The Morgan fingerprint density at radius 3 is 2.39 bits per heavy atom. The molecule has 2 amide bonds. The van der Waals surface area contributed by atoms with Crippen molar-refractivity contribution >= 4 is 29.4 Å². The predicted molar refractivity (Wildman–Crippen MR) is 118 cm³/mol. The SMILES string of the molecule is CSc1ccc(NC(=O)O[C@@H](c2ccc(OCCO)cc2)[C@@H](C)/C=C/C(=O)NO)cc1. The minimum Gasteiger partial charge on any atom is -0.491 e. The van der Waals surface area contributed by atoms with Gasteiger partial charge in [-0.05, 0) is 48.2 Å². The van der Waals surface area contributed by atoms with Gasteiger partial charge in [0, 0.05) is 22.6 Å². The number of aliphatic hydroxyl groups is 1. The van der Waals surface area contributed by atoms with Crippen LogP contribution in [0.2, 0.25) is 0 Å². The van der Waals surface area contributed by atoms with Gasteiger partial charge in [-0.3, -0.25) is 15.3 Å². The lowest BCUT2D eigenvalue weighted by atomic mass is 9.96. The molecule has 31 heavy (non-hydrogen) atoms. The van der Waals surface area contributed by atoms with E-state index in [0.717, 1.165) is 4.90 Å². The Morgan fingerprint density at radius 2 is 1.81 bits per heavy atom. The zero-order valence-electron chi connectivity index (χ0n) is 17.3. The molecular formula is C22H26N2O6S. The van der Waals surface area contributed by atoms with Crippen molar-refractivity contribution in [1.29, 1.82) is 0 Å². The lowest BCUT2D eigenvalue weighted by Gasteiger charge is -2.23. The third-order valence-corrected chi connectivity index (χ3v) is 5.02. The van der Waals surface area contributed by atoms with Gasteiger partial charge in [0.1, 0.15) is 18.5 Å². The third-order valence-electron chi connectivity index (χ3n) is 4.28. The van der Waals surface area contributed by atoms with Gasteiger partial charge in [-0.15, -0.1) is 11.8 Å². The van der Waals surface area contributed by atoms with E-state index < -0.39 is 18.1 Å². The Hall–Kier alpha value is -3.01. The first kappa shape index (κ1) is 24.3. The Balaban J connectivity index is 2.16. The van der Waals surface area contributed by atoms with Crippen LogP contribution < -0.4 is 15.5 Å². The monoisotopic (exact) mass is 446 g/mol. The topological polar surface area (TPSA) is 117 Å². The standard InChI is InChI=1S/C22H26N2O6S/c1-15(3-12-20(26)24-28)21(16-4-8-18(9-5-16)29-14-13-25)30-22(27)23-17-6-10-19(31-2)11-7-17/h3-12,15,21,25,28H,13-14H2,1-2H3,(H,23,27)(H,24,26)/b12-3+/t15-,21+/m0/s1. The van der Waals surface area contributed by atoms with E-state index in [0.29, 0.717) is 17.0 Å². The number of aliphatic hydroxyl groups excluding tert-OH is 1. The van der Waals surface area contributed by atoms with E-state index in [4.69, 9.17) is 19.8 Å². The second-order valence-electron chi connectivity index (χ2n) is 6.51. The van der Waals surface area contributed by atoms with Gasteiger partial charge in [0.15, 0.2) is 0 Å². The summed E-state index contributed by atoms with van der Waals surface area (Å²) in [4.78, 5) is 24.9. The summed E-state index contributed by atoms with van der Waals surface area (Å²) in [6.45, 7) is 1.86. The number of thioether (sulfide) groups is 1. The second kappa shape index (κ2) is 12.6. The van der Waals surface area contributed by atoms with Crippen LogP contribution in [0.5, 0.6) is 5.75 Å². The first-order valence-electron chi connectivity index (χ1n) is 9.54. The van der Waals surface area contributed by atoms with Crippen LogP contribution in [0.15, 0.2) is 65.6 Å². The average molecular weight is 447 g/mol. The molecule has 9 heteroatoms. The highest BCUT2D eigenvalue weighted by molar-refractivity contribution is 7.98. The predicted octanol–water partition coefficient (Wildman–Crippen LogP) is 3.77. The molecular weight excluding hydrogens is 420 g/mol. The maximum absolute atomic E-state index is 12.5. The van der Waals surface area contributed by atoms with Gasteiger partial charge < -0.3 is 14.6 Å². The van der Waals surface area contributed by atoms with Crippen LogP contribution in [-0.4, -0.2) is 41.8 Å². The van der Waals surface area contributed by atoms with Crippen LogP contribution in [0.3, 0.4) is 0 Å². The fraction of sp³-hybridized carbons (Fsp3) is 0.273. The molecule has 0 aromatic heterocycles. The van der Waals surface area contributed by atoms with Crippen molar-refractivity contribution in [3.05, 3.63) is 66.2 Å². The molecule has 0 heterocycles. The van der Waals surface area contributed by atoms with Gasteiger partial charge in [0.25, 0.3) is 5.91 Å². The summed E-state index contributed by atoms with van der Waals surface area (Å²) in [5.74, 6) is -0.499. The zero-order chi connectivity index (χ0) is 22.6. The summed E-state index contributed by atoms with van der Waals surface area (Å²) in [5.41, 5.74) is 2.80. The maximum atomic E-state index is 12.5. The molecule has 2 rings (SSSR count).